The molecule has 0 radical (unpaired) electrons. The Balaban J connectivity index is 2.35. The third-order valence-corrected chi connectivity index (χ3v) is 4.74. The van der Waals surface area contributed by atoms with Crippen molar-refractivity contribution >= 4 is 11.5 Å². The quantitative estimate of drug-likeness (QED) is 0.472. The van der Waals surface area contributed by atoms with E-state index < -0.39 is 0 Å². The first-order valence-electron chi connectivity index (χ1n) is 9.59. The Morgan fingerprint density at radius 2 is 2.04 bits per heavy atom. The van der Waals surface area contributed by atoms with Crippen LogP contribution in [0, 0.1) is 12.8 Å². The highest BCUT2D eigenvalue weighted by Crippen LogP contribution is 2.37. The van der Waals surface area contributed by atoms with E-state index in [2.05, 4.69) is 37.7 Å². The smallest absolute Gasteiger partial charge is 0.127 e. The summed E-state index contributed by atoms with van der Waals surface area (Å²) in [6.45, 7) is 13.1. The van der Waals surface area contributed by atoms with Crippen LogP contribution in [0.25, 0.3) is 5.70 Å². The van der Waals surface area contributed by atoms with Gasteiger partial charge in [0, 0.05) is 18.2 Å². The SMILES string of the molecule is C=C(N=C(N)/C=C\NC)c1cc(OCC2CC2)c(C)c(OC(C)(C)CC)c1. The molecule has 1 aliphatic carbocycles. The van der Waals surface area contributed by atoms with Crippen LogP contribution in [0.5, 0.6) is 11.5 Å². The molecule has 0 bridgehead atoms. The fourth-order valence-electron chi connectivity index (χ4n) is 2.37. The number of nitrogens with one attached hydrogen (secondary N) is 1. The summed E-state index contributed by atoms with van der Waals surface area (Å²) < 4.78 is 12.4. The molecule has 2 rings (SSSR count). The van der Waals surface area contributed by atoms with E-state index in [1.165, 1.54) is 12.8 Å². The number of rotatable bonds is 10. The van der Waals surface area contributed by atoms with Gasteiger partial charge in [-0.05, 0) is 70.4 Å². The van der Waals surface area contributed by atoms with Crippen molar-refractivity contribution in [3.05, 3.63) is 42.1 Å². The van der Waals surface area contributed by atoms with E-state index in [0.717, 1.165) is 35.7 Å². The lowest BCUT2D eigenvalue weighted by Gasteiger charge is -2.27. The minimum atomic E-state index is -0.268. The highest BCUT2D eigenvalue weighted by atomic mass is 16.5. The molecule has 3 N–H and O–H groups in total. The van der Waals surface area contributed by atoms with E-state index in [-0.39, 0.29) is 5.60 Å². The van der Waals surface area contributed by atoms with E-state index in [1.807, 2.05) is 19.1 Å². The molecular weight excluding hydrogens is 338 g/mol. The number of nitrogens with zero attached hydrogens (tertiary/aromatic N) is 1. The number of hydrogen-bond donors (Lipinski definition) is 2. The van der Waals surface area contributed by atoms with Crippen LogP contribution in [-0.2, 0) is 0 Å². The van der Waals surface area contributed by atoms with Gasteiger partial charge in [0.15, 0.2) is 0 Å². The van der Waals surface area contributed by atoms with Gasteiger partial charge in [0.05, 0.1) is 12.3 Å². The molecule has 0 unspecified atom stereocenters. The van der Waals surface area contributed by atoms with Gasteiger partial charge >= 0.3 is 0 Å². The zero-order chi connectivity index (χ0) is 20.0. The van der Waals surface area contributed by atoms with Gasteiger partial charge in [-0.1, -0.05) is 13.5 Å². The number of hydrogen-bond acceptors (Lipinski definition) is 4. The molecule has 5 heteroatoms. The molecule has 148 valence electrons. The molecule has 1 fully saturated rings. The largest absolute Gasteiger partial charge is 0.493 e. The van der Waals surface area contributed by atoms with Gasteiger partial charge in [0.2, 0.25) is 0 Å². The van der Waals surface area contributed by atoms with E-state index in [9.17, 15) is 0 Å². The first-order valence-corrected chi connectivity index (χ1v) is 9.59. The Kier molecular flexibility index (Phi) is 6.94. The molecule has 1 aliphatic rings. The van der Waals surface area contributed by atoms with Crippen molar-refractivity contribution in [3.63, 3.8) is 0 Å². The predicted octanol–water partition coefficient (Wildman–Crippen LogP) is 4.41. The molecule has 0 spiro atoms. The number of benzene rings is 1. The van der Waals surface area contributed by atoms with Crippen molar-refractivity contribution in [2.45, 2.75) is 52.6 Å². The Hall–Kier alpha value is -2.43. The second-order valence-corrected chi connectivity index (χ2v) is 7.67. The van der Waals surface area contributed by atoms with Crippen LogP contribution < -0.4 is 20.5 Å². The van der Waals surface area contributed by atoms with Gasteiger partial charge in [0.1, 0.15) is 22.9 Å². The summed E-state index contributed by atoms with van der Waals surface area (Å²) in [5, 5.41) is 2.89. The van der Waals surface area contributed by atoms with Crippen LogP contribution >= 0.6 is 0 Å². The molecule has 0 heterocycles. The molecule has 1 saturated carbocycles. The monoisotopic (exact) mass is 371 g/mol. The van der Waals surface area contributed by atoms with Gasteiger partial charge in [-0.2, -0.15) is 0 Å². The second kappa shape index (κ2) is 8.98. The second-order valence-electron chi connectivity index (χ2n) is 7.67. The van der Waals surface area contributed by atoms with Crippen LogP contribution in [0.2, 0.25) is 0 Å². The average Bonchev–Trinajstić information content (AvgIpc) is 3.44. The van der Waals surface area contributed by atoms with Crippen molar-refractivity contribution in [3.8, 4) is 11.5 Å². The van der Waals surface area contributed by atoms with Crippen molar-refractivity contribution < 1.29 is 9.47 Å². The fourth-order valence-corrected chi connectivity index (χ4v) is 2.37. The molecule has 27 heavy (non-hydrogen) atoms. The number of ether oxygens (including phenoxy) is 2. The first kappa shape index (κ1) is 20.9. The molecular formula is C22H33N3O2. The highest BCUT2D eigenvalue weighted by molar-refractivity contribution is 5.95. The molecule has 0 aromatic heterocycles. The summed E-state index contributed by atoms with van der Waals surface area (Å²) in [4.78, 5) is 4.38. The van der Waals surface area contributed by atoms with Crippen molar-refractivity contribution in [2.24, 2.45) is 16.6 Å². The van der Waals surface area contributed by atoms with Crippen LogP contribution in [-0.4, -0.2) is 25.1 Å². The zero-order valence-corrected chi connectivity index (χ0v) is 17.3. The maximum Gasteiger partial charge on any atom is 0.127 e. The van der Waals surface area contributed by atoms with Crippen molar-refractivity contribution in [1.29, 1.82) is 0 Å². The van der Waals surface area contributed by atoms with Gasteiger partial charge in [-0.3, -0.25) is 0 Å². The van der Waals surface area contributed by atoms with E-state index in [0.29, 0.717) is 17.5 Å². The van der Waals surface area contributed by atoms with Gasteiger partial charge in [-0.15, -0.1) is 0 Å². The third kappa shape index (κ3) is 6.35. The molecule has 0 atom stereocenters. The van der Waals surface area contributed by atoms with Crippen LogP contribution in [0.1, 0.15) is 51.2 Å². The Bertz CT molecular complexity index is 731. The Morgan fingerprint density at radius 3 is 2.63 bits per heavy atom. The highest BCUT2D eigenvalue weighted by Gasteiger charge is 2.24. The predicted molar refractivity (Wildman–Crippen MR) is 113 cm³/mol. The fraction of sp³-hybridized carbons (Fsp3) is 0.500. The lowest BCUT2D eigenvalue weighted by molar-refractivity contribution is 0.104. The molecule has 0 saturated heterocycles. The molecule has 1 aromatic carbocycles. The standard InChI is InChI=1S/C22H33N3O2/c1-7-22(4,5)27-20-13-18(16(3)25-21(23)10-11-24-6)12-19(15(20)2)26-14-17-8-9-17/h10-13,17,24H,3,7-9,14H2,1-2,4-6H3,(H2,23,25)/b11-10-. The number of amidine groups is 1. The maximum atomic E-state index is 6.28. The van der Waals surface area contributed by atoms with Gasteiger partial charge in [0.25, 0.3) is 0 Å². The molecule has 1 aromatic rings. The number of aliphatic imine (C=N–C) groups is 1. The minimum absolute atomic E-state index is 0.268. The summed E-state index contributed by atoms with van der Waals surface area (Å²) in [6.07, 6.45) is 6.81. The summed E-state index contributed by atoms with van der Waals surface area (Å²) in [5.74, 6) is 2.67. The number of nitrogens with two attached hydrogens (primary N) is 1. The molecule has 0 amide bonds. The third-order valence-electron chi connectivity index (χ3n) is 4.74. The lowest BCUT2D eigenvalue weighted by Crippen LogP contribution is -2.27. The van der Waals surface area contributed by atoms with Crippen LogP contribution in [0.3, 0.4) is 0 Å². The summed E-state index contributed by atoms with van der Waals surface area (Å²) in [7, 11) is 1.81. The lowest BCUT2D eigenvalue weighted by atomic mass is 10.0. The summed E-state index contributed by atoms with van der Waals surface area (Å²) in [5.41, 5.74) is 8.08. The van der Waals surface area contributed by atoms with E-state index >= 15 is 0 Å². The normalized spacial score (nSPS) is 15.1. The van der Waals surface area contributed by atoms with Gasteiger partial charge < -0.3 is 20.5 Å². The first-order chi connectivity index (χ1) is 12.8. The average molecular weight is 372 g/mol. The van der Waals surface area contributed by atoms with Gasteiger partial charge in [-0.25, -0.2) is 4.99 Å². The topological polar surface area (TPSA) is 68.9 Å². The van der Waals surface area contributed by atoms with Crippen LogP contribution in [0.4, 0.5) is 0 Å². The Labute approximate surface area is 163 Å². The van der Waals surface area contributed by atoms with E-state index in [4.69, 9.17) is 15.2 Å². The van der Waals surface area contributed by atoms with E-state index in [1.54, 1.807) is 19.3 Å². The molecule has 0 aliphatic heterocycles. The zero-order valence-electron chi connectivity index (χ0n) is 17.3. The van der Waals surface area contributed by atoms with Crippen LogP contribution in [0.15, 0.2) is 36.0 Å². The molecule has 5 nitrogen and oxygen atoms in total. The maximum absolute atomic E-state index is 6.28. The Morgan fingerprint density at radius 1 is 1.37 bits per heavy atom. The minimum Gasteiger partial charge on any atom is -0.493 e. The summed E-state index contributed by atoms with van der Waals surface area (Å²) in [6, 6.07) is 3.95. The summed E-state index contributed by atoms with van der Waals surface area (Å²) >= 11 is 0. The van der Waals surface area contributed by atoms with Crippen molar-refractivity contribution in [2.75, 3.05) is 13.7 Å². The van der Waals surface area contributed by atoms with Crippen molar-refractivity contribution in [1.82, 2.24) is 5.32 Å².